The Labute approximate surface area is 171 Å². The lowest BCUT2D eigenvalue weighted by Gasteiger charge is -2.28. The van der Waals surface area contributed by atoms with E-state index >= 15 is 0 Å². The fraction of sp³-hybridized carbons (Fsp3) is 0.278. The van der Waals surface area contributed by atoms with Crippen molar-refractivity contribution < 1.29 is 27.4 Å². The van der Waals surface area contributed by atoms with Gasteiger partial charge in [-0.3, -0.25) is 0 Å². The molecule has 1 unspecified atom stereocenters. The van der Waals surface area contributed by atoms with Crippen molar-refractivity contribution in [3.63, 3.8) is 0 Å². The molecule has 2 aromatic carbocycles. The van der Waals surface area contributed by atoms with Crippen LogP contribution in [-0.4, -0.2) is 26.1 Å². The van der Waals surface area contributed by atoms with Gasteiger partial charge < -0.3 is 9.84 Å². The Hall–Kier alpha value is -1.87. The summed E-state index contributed by atoms with van der Waals surface area (Å²) in [5.41, 5.74) is 0.993. The maximum Gasteiger partial charge on any atom is 0.341 e. The van der Waals surface area contributed by atoms with Crippen molar-refractivity contribution in [3.8, 4) is 5.75 Å². The summed E-state index contributed by atoms with van der Waals surface area (Å²) in [4.78, 5) is 10.6. The average molecular weight is 448 g/mol. The van der Waals surface area contributed by atoms with Crippen molar-refractivity contribution in [2.24, 2.45) is 0 Å². The molecule has 6 nitrogen and oxygen atoms in total. The topological polar surface area (TPSA) is 92.7 Å². The summed E-state index contributed by atoms with van der Waals surface area (Å²) in [6.07, 6.45) is 1.56. The first kappa shape index (κ1) is 20.9. The lowest BCUT2D eigenvalue weighted by Crippen LogP contribution is -2.31. The number of hydrogen-bond donors (Lipinski definition) is 2. The zero-order valence-corrected chi connectivity index (χ0v) is 16.7. The molecule has 0 aromatic heterocycles. The van der Waals surface area contributed by atoms with E-state index < -0.39 is 34.5 Å². The molecule has 1 atom stereocenters. The summed E-state index contributed by atoms with van der Waals surface area (Å²) in [6, 6.07) is 5.71. The first-order valence-electron chi connectivity index (χ1n) is 8.31. The van der Waals surface area contributed by atoms with E-state index in [9.17, 15) is 17.6 Å². The van der Waals surface area contributed by atoms with Crippen molar-refractivity contribution in [2.75, 3.05) is 6.61 Å². The Morgan fingerprint density at radius 1 is 1.29 bits per heavy atom. The van der Waals surface area contributed by atoms with Gasteiger partial charge in [-0.1, -0.05) is 23.2 Å². The summed E-state index contributed by atoms with van der Waals surface area (Å²) in [5, 5.41) is 9.02. The first-order chi connectivity index (χ1) is 13.2. The number of aliphatic carboxylic acids is 1. The average Bonchev–Trinajstić information content (AvgIpc) is 2.62. The van der Waals surface area contributed by atoms with E-state index in [4.69, 9.17) is 33.0 Å². The first-order valence-corrected chi connectivity index (χ1v) is 10.6. The second-order valence-corrected chi connectivity index (χ2v) is 8.82. The number of ether oxygens (including phenoxy) is 1. The van der Waals surface area contributed by atoms with Crippen LogP contribution in [0.5, 0.6) is 5.75 Å². The second-order valence-electron chi connectivity index (χ2n) is 6.29. The number of sulfonamides is 1. The minimum Gasteiger partial charge on any atom is -0.482 e. The molecule has 0 saturated carbocycles. The highest BCUT2D eigenvalue weighted by Gasteiger charge is 2.29. The number of carbonyl (C=O) groups is 1. The number of carboxylic acid groups (broad SMARTS) is 1. The quantitative estimate of drug-likeness (QED) is 0.698. The van der Waals surface area contributed by atoms with Crippen molar-refractivity contribution >= 4 is 39.2 Å². The van der Waals surface area contributed by atoms with Crippen LogP contribution in [0.25, 0.3) is 0 Å². The number of nitrogens with one attached hydrogen (secondary N) is 1. The maximum absolute atomic E-state index is 14.1. The number of fused-ring (bicyclic) bond motifs is 1. The molecule has 0 amide bonds. The molecule has 3 rings (SSSR count). The van der Waals surface area contributed by atoms with E-state index in [1.807, 2.05) is 0 Å². The van der Waals surface area contributed by atoms with Crippen LogP contribution in [0.2, 0.25) is 10.0 Å². The number of hydrogen-bond acceptors (Lipinski definition) is 4. The molecule has 150 valence electrons. The van der Waals surface area contributed by atoms with Gasteiger partial charge in [0.25, 0.3) is 0 Å². The van der Waals surface area contributed by atoms with Gasteiger partial charge in [-0.25, -0.2) is 22.3 Å². The number of carboxylic acids is 1. The Morgan fingerprint density at radius 3 is 2.75 bits per heavy atom. The molecule has 0 fully saturated rings. The number of rotatable bonds is 6. The zero-order chi connectivity index (χ0) is 20.5. The molecule has 2 aromatic rings. The molecule has 28 heavy (non-hydrogen) atoms. The predicted octanol–water partition coefficient (Wildman–Crippen LogP) is 3.95. The third-order valence-corrected chi connectivity index (χ3v) is 6.52. The van der Waals surface area contributed by atoms with E-state index in [2.05, 4.69) is 4.72 Å². The fourth-order valence-electron chi connectivity index (χ4n) is 3.17. The smallest absolute Gasteiger partial charge is 0.341 e. The third kappa shape index (κ3) is 4.57. The summed E-state index contributed by atoms with van der Waals surface area (Å²) in [7, 11) is -4.03. The maximum atomic E-state index is 14.1. The van der Waals surface area contributed by atoms with Crippen molar-refractivity contribution in [1.29, 1.82) is 0 Å². The van der Waals surface area contributed by atoms with E-state index in [1.165, 1.54) is 24.3 Å². The molecule has 0 heterocycles. The summed E-state index contributed by atoms with van der Waals surface area (Å²) in [6.45, 7) is -0.621. The zero-order valence-electron chi connectivity index (χ0n) is 14.4. The second kappa shape index (κ2) is 8.24. The highest BCUT2D eigenvalue weighted by molar-refractivity contribution is 7.89. The minimum atomic E-state index is -4.03. The van der Waals surface area contributed by atoms with Crippen LogP contribution in [0, 0.1) is 5.82 Å². The van der Waals surface area contributed by atoms with Crippen molar-refractivity contribution in [3.05, 3.63) is 57.3 Å². The summed E-state index contributed by atoms with van der Waals surface area (Å²) >= 11 is 11.9. The van der Waals surface area contributed by atoms with Crippen LogP contribution in [0.3, 0.4) is 0 Å². The molecule has 0 spiro atoms. The van der Waals surface area contributed by atoms with E-state index in [0.717, 1.165) is 6.07 Å². The Morgan fingerprint density at radius 2 is 2.04 bits per heavy atom. The molecule has 0 saturated heterocycles. The van der Waals surface area contributed by atoms with Crippen LogP contribution in [0.4, 0.5) is 4.39 Å². The summed E-state index contributed by atoms with van der Waals surface area (Å²) < 4.78 is 47.4. The number of benzene rings is 2. The monoisotopic (exact) mass is 447 g/mol. The van der Waals surface area contributed by atoms with Crippen LogP contribution in [0.1, 0.15) is 30.0 Å². The van der Waals surface area contributed by atoms with Gasteiger partial charge in [0.2, 0.25) is 10.0 Å². The van der Waals surface area contributed by atoms with Crippen molar-refractivity contribution in [1.82, 2.24) is 4.72 Å². The molecule has 1 aliphatic rings. The molecule has 0 aliphatic heterocycles. The van der Waals surface area contributed by atoms with E-state index in [-0.39, 0.29) is 20.7 Å². The van der Waals surface area contributed by atoms with Gasteiger partial charge in [0.05, 0.1) is 5.02 Å². The van der Waals surface area contributed by atoms with Gasteiger partial charge in [0, 0.05) is 17.1 Å². The SMILES string of the molecule is O=C(O)COc1cc(F)cc2c1CCCC2NS(=O)(=O)c1cc(Cl)ccc1Cl. The lowest BCUT2D eigenvalue weighted by molar-refractivity contribution is -0.139. The van der Waals surface area contributed by atoms with Gasteiger partial charge in [-0.15, -0.1) is 0 Å². The Bertz CT molecular complexity index is 1030. The lowest BCUT2D eigenvalue weighted by atomic mass is 9.87. The predicted molar refractivity (Wildman–Crippen MR) is 102 cm³/mol. The molecule has 10 heteroatoms. The van der Waals surface area contributed by atoms with Crippen LogP contribution in [-0.2, 0) is 21.2 Å². The Kier molecular flexibility index (Phi) is 6.14. The highest BCUT2D eigenvalue weighted by atomic mass is 35.5. The van der Waals surface area contributed by atoms with Gasteiger partial charge in [-0.05, 0) is 54.7 Å². The van der Waals surface area contributed by atoms with Crippen LogP contribution < -0.4 is 9.46 Å². The largest absolute Gasteiger partial charge is 0.482 e. The third-order valence-electron chi connectivity index (χ3n) is 4.33. The molecular weight excluding hydrogens is 432 g/mol. The minimum absolute atomic E-state index is 0.0117. The molecule has 2 N–H and O–H groups in total. The molecule has 0 bridgehead atoms. The van der Waals surface area contributed by atoms with E-state index in [0.29, 0.717) is 30.4 Å². The summed E-state index contributed by atoms with van der Waals surface area (Å²) in [5.74, 6) is -1.74. The number of halogens is 3. The normalized spacial score (nSPS) is 16.5. The fourth-order valence-corrected chi connectivity index (χ4v) is 5.19. The van der Waals surface area contributed by atoms with Gasteiger partial charge in [0.1, 0.15) is 16.5 Å². The molecule has 1 aliphatic carbocycles. The molecular formula is C18H16Cl2FNO5S. The highest BCUT2D eigenvalue weighted by Crippen LogP contribution is 2.37. The van der Waals surface area contributed by atoms with E-state index in [1.54, 1.807) is 0 Å². The van der Waals surface area contributed by atoms with Crippen molar-refractivity contribution in [2.45, 2.75) is 30.2 Å². The van der Waals surface area contributed by atoms with Crippen LogP contribution in [0.15, 0.2) is 35.2 Å². The van der Waals surface area contributed by atoms with Crippen LogP contribution >= 0.6 is 23.2 Å². The Balaban J connectivity index is 1.96. The van der Waals surface area contributed by atoms with Gasteiger partial charge in [-0.2, -0.15) is 0 Å². The van der Waals surface area contributed by atoms with Gasteiger partial charge in [0.15, 0.2) is 6.61 Å². The van der Waals surface area contributed by atoms with Gasteiger partial charge >= 0.3 is 5.97 Å². The standard InChI is InChI=1S/C18H16Cl2FNO5S/c19-10-4-5-14(20)17(6-10)28(25,26)22-15-3-1-2-12-13(15)7-11(21)8-16(12)27-9-18(23)24/h4-8,15,22H,1-3,9H2,(H,23,24). The molecule has 0 radical (unpaired) electrons.